The molecule has 0 saturated carbocycles. The molecule has 2 aromatic carbocycles. The minimum atomic E-state index is -0.0950. The van der Waals surface area contributed by atoms with Crippen molar-refractivity contribution in [3.05, 3.63) is 59.7 Å². The van der Waals surface area contributed by atoms with Crippen LogP contribution in [-0.4, -0.2) is 42.4 Å². The lowest BCUT2D eigenvalue weighted by Crippen LogP contribution is -2.04. The summed E-state index contributed by atoms with van der Waals surface area (Å²) >= 11 is 0. The first kappa shape index (κ1) is 16.0. The number of aliphatic hydroxyl groups excluding tert-OH is 2. The zero-order chi connectivity index (χ0) is 15.8. The first-order chi connectivity index (χ1) is 10.7. The quantitative estimate of drug-likeness (QED) is 0.725. The molecule has 116 valence electrons. The van der Waals surface area contributed by atoms with Gasteiger partial charge in [0, 0.05) is 11.1 Å². The van der Waals surface area contributed by atoms with Gasteiger partial charge in [-0.2, -0.15) is 0 Å². The Balaban J connectivity index is 2.04. The average Bonchev–Trinajstić information content (AvgIpc) is 2.58. The Morgan fingerprint density at radius 1 is 0.727 bits per heavy atom. The Labute approximate surface area is 128 Å². The first-order valence-electron chi connectivity index (χ1n) is 6.96. The zero-order valence-corrected chi connectivity index (χ0v) is 12.1. The van der Waals surface area contributed by atoms with Crippen molar-refractivity contribution in [2.75, 3.05) is 26.4 Å². The number of benzene rings is 2. The first-order valence-corrected chi connectivity index (χ1v) is 6.96. The predicted octanol–water partition coefficient (Wildman–Crippen LogP) is 1.66. The molecule has 2 aromatic rings. The minimum Gasteiger partial charge on any atom is -0.491 e. The highest BCUT2D eigenvalue weighted by atomic mass is 16.5. The van der Waals surface area contributed by atoms with Crippen LogP contribution in [0.4, 0.5) is 0 Å². The highest BCUT2D eigenvalue weighted by Crippen LogP contribution is 2.18. The lowest BCUT2D eigenvalue weighted by atomic mass is 10.0. The number of ketones is 1. The number of carbonyl (C=O) groups is 1. The normalized spacial score (nSPS) is 10.3. The van der Waals surface area contributed by atoms with Crippen molar-refractivity contribution >= 4 is 5.78 Å². The van der Waals surface area contributed by atoms with Crippen molar-refractivity contribution in [3.63, 3.8) is 0 Å². The van der Waals surface area contributed by atoms with Crippen LogP contribution in [-0.2, 0) is 0 Å². The van der Waals surface area contributed by atoms with E-state index >= 15 is 0 Å². The van der Waals surface area contributed by atoms with Gasteiger partial charge in [0.2, 0.25) is 0 Å². The third kappa shape index (κ3) is 4.31. The molecule has 2 N–H and O–H groups in total. The monoisotopic (exact) mass is 302 g/mol. The summed E-state index contributed by atoms with van der Waals surface area (Å²) in [4.78, 5) is 12.3. The van der Waals surface area contributed by atoms with Crippen LogP contribution in [0.2, 0.25) is 0 Å². The van der Waals surface area contributed by atoms with Gasteiger partial charge in [-0.15, -0.1) is 0 Å². The van der Waals surface area contributed by atoms with Gasteiger partial charge in [0.25, 0.3) is 0 Å². The molecule has 2 rings (SSSR count). The molecular formula is C17H18O5. The molecule has 0 spiro atoms. The van der Waals surface area contributed by atoms with Gasteiger partial charge in [0.15, 0.2) is 5.78 Å². The fourth-order valence-electron chi connectivity index (χ4n) is 1.90. The number of hydrogen-bond donors (Lipinski definition) is 2. The molecule has 0 aliphatic carbocycles. The second-order valence-corrected chi connectivity index (χ2v) is 4.52. The Hall–Kier alpha value is -2.37. The Morgan fingerprint density at radius 2 is 1.09 bits per heavy atom. The summed E-state index contributed by atoms with van der Waals surface area (Å²) in [5.41, 5.74) is 1.11. The van der Waals surface area contributed by atoms with Gasteiger partial charge in [-0.25, -0.2) is 0 Å². The van der Waals surface area contributed by atoms with Crippen molar-refractivity contribution in [1.82, 2.24) is 0 Å². The van der Waals surface area contributed by atoms with Crippen LogP contribution < -0.4 is 9.47 Å². The Kier molecular flexibility index (Phi) is 5.94. The zero-order valence-electron chi connectivity index (χ0n) is 12.1. The van der Waals surface area contributed by atoms with E-state index in [-0.39, 0.29) is 32.2 Å². The summed E-state index contributed by atoms with van der Waals surface area (Å²) in [5.74, 6) is 1.12. The largest absolute Gasteiger partial charge is 0.491 e. The average molecular weight is 302 g/mol. The van der Waals surface area contributed by atoms with Gasteiger partial charge in [0.1, 0.15) is 24.7 Å². The number of ether oxygens (including phenoxy) is 2. The lowest BCUT2D eigenvalue weighted by molar-refractivity contribution is 0.103. The molecule has 22 heavy (non-hydrogen) atoms. The van der Waals surface area contributed by atoms with E-state index in [9.17, 15) is 4.79 Å². The van der Waals surface area contributed by atoms with Crippen LogP contribution in [0.15, 0.2) is 48.5 Å². The molecular weight excluding hydrogens is 284 g/mol. The van der Waals surface area contributed by atoms with E-state index in [0.717, 1.165) is 0 Å². The van der Waals surface area contributed by atoms with Gasteiger partial charge >= 0.3 is 0 Å². The molecule has 0 atom stereocenters. The molecule has 5 nitrogen and oxygen atoms in total. The maximum absolute atomic E-state index is 12.3. The van der Waals surface area contributed by atoms with Crippen LogP contribution in [0.1, 0.15) is 15.9 Å². The topological polar surface area (TPSA) is 76.0 Å². The van der Waals surface area contributed by atoms with E-state index in [1.165, 1.54) is 0 Å². The summed E-state index contributed by atoms with van der Waals surface area (Å²) in [5, 5.41) is 17.4. The van der Waals surface area contributed by atoms with Crippen LogP contribution in [0.3, 0.4) is 0 Å². The van der Waals surface area contributed by atoms with E-state index in [0.29, 0.717) is 22.6 Å². The fraction of sp³-hybridized carbons (Fsp3) is 0.235. The highest BCUT2D eigenvalue weighted by Gasteiger charge is 2.09. The molecule has 0 unspecified atom stereocenters. The second kappa shape index (κ2) is 8.17. The molecule has 0 aromatic heterocycles. The number of aliphatic hydroxyl groups is 2. The van der Waals surface area contributed by atoms with Crippen molar-refractivity contribution in [2.24, 2.45) is 0 Å². The molecule has 0 aliphatic heterocycles. The number of rotatable bonds is 8. The van der Waals surface area contributed by atoms with Gasteiger partial charge < -0.3 is 19.7 Å². The van der Waals surface area contributed by atoms with Crippen LogP contribution >= 0.6 is 0 Å². The summed E-state index contributed by atoms with van der Waals surface area (Å²) < 4.78 is 10.5. The number of hydrogen-bond acceptors (Lipinski definition) is 5. The van der Waals surface area contributed by atoms with Crippen LogP contribution in [0.25, 0.3) is 0 Å². The molecule has 0 radical (unpaired) electrons. The van der Waals surface area contributed by atoms with Crippen LogP contribution in [0, 0.1) is 0 Å². The summed E-state index contributed by atoms with van der Waals surface area (Å²) in [6, 6.07) is 13.5. The maximum atomic E-state index is 12.3. The van der Waals surface area contributed by atoms with Crippen molar-refractivity contribution in [2.45, 2.75) is 0 Å². The number of carbonyl (C=O) groups excluding carboxylic acids is 1. The molecule has 0 aliphatic rings. The summed E-state index contributed by atoms with van der Waals surface area (Å²) in [6.45, 7) is 0.349. The summed E-state index contributed by atoms with van der Waals surface area (Å²) in [6.07, 6.45) is 0. The van der Waals surface area contributed by atoms with Gasteiger partial charge in [-0.05, 0) is 48.5 Å². The third-order valence-electron chi connectivity index (χ3n) is 2.95. The Morgan fingerprint density at radius 3 is 1.41 bits per heavy atom. The van der Waals surface area contributed by atoms with E-state index < -0.39 is 0 Å². The Bertz CT molecular complexity index is 536. The smallest absolute Gasteiger partial charge is 0.193 e. The molecule has 0 saturated heterocycles. The van der Waals surface area contributed by atoms with Crippen LogP contribution in [0.5, 0.6) is 11.5 Å². The highest BCUT2D eigenvalue weighted by molar-refractivity contribution is 6.09. The standard InChI is InChI=1S/C17H18O5/c18-9-11-21-15-5-1-13(2-6-15)17(20)14-3-7-16(8-4-14)22-12-10-19/h1-8,18-19H,9-12H2. The molecule has 0 fully saturated rings. The third-order valence-corrected chi connectivity index (χ3v) is 2.95. The van der Waals surface area contributed by atoms with E-state index in [4.69, 9.17) is 19.7 Å². The van der Waals surface area contributed by atoms with Crippen molar-refractivity contribution in [1.29, 1.82) is 0 Å². The SMILES string of the molecule is O=C(c1ccc(OCCO)cc1)c1ccc(OCCO)cc1. The molecule has 0 heterocycles. The van der Waals surface area contributed by atoms with Gasteiger partial charge in [0.05, 0.1) is 13.2 Å². The van der Waals surface area contributed by atoms with E-state index in [1.54, 1.807) is 48.5 Å². The second-order valence-electron chi connectivity index (χ2n) is 4.52. The fourth-order valence-corrected chi connectivity index (χ4v) is 1.90. The summed E-state index contributed by atoms with van der Waals surface area (Å²) in [7, 11) is 0. The van der Waals surface area contributed by atoms with E-state index in [2.05, 4.69) is 0 Å². The maximum Gasteiger partial charge on any atom is 0.193 e. The van der Waals surface area contributed by atoms with Gasteiger partial charge in [-0.3, -0.25) is 4.79 Å². The lowest BCUT2D eigenvalue weighted by Gasteiger charge is -2.07. The molecule has 0 amide bonds. The van der Waals surface area contributed by atoms with E-state index in [1.807, 2.05) is 0 Å². The minimum absolute atomic E-state index is 0.0502. The molecule has 5 heteroatoms. The predicted molar refractivity (Wildman–Crippen MR) is 81.5 cm³/mol. The van der Waals surface area contributed by atoms with Gasteiger partial charge in [-0.1, -0.05) is 0 Å². The van der Waals surface area contributed by atoms with Crippen molar-refractivity contribution in [3.8, 4) is 11.5 Å². The van der Waals surface area contributed by atoms with Crippen molar-refractivity contribution < 1.29 is 24.5 Å². The molecule has 0 bridgehead atoms.